The summed E-state index contributed by atoms with van der Waals surface area (Å²) in [7, 11) is 0. The molecule has 228 valence electrons. The van der Waals surface area contributed by atoms with Crippen molar-refractivity contribution in [3.8, 4) is 0 Å². The molecule has 0 amide bonds. The Morgan fingerprint density at radius 1 is 0.956 bits per heavy atom. The lowest BCUT2D eigenvalue weighted by atomic mass is 9.83. The molecule has 0 bridgehead atoms. The fraction of sp³-hybridized carbons (Fsp3) is 0.214. The highest BCUT2D eigenvalue weighted by molar-refractivity contribution is 8.02. The summed E-state index contributed by atoms with van der Waals surface area (Å²) in [6.07, 6.45) is 16.7. The van der Waals surface area contributed by atoms with E-state index in [1.165, 1.54) is 55.0 Å². The molecule has 0 unspecified atom stereocenters. The zero-order chi connectivity index (χ0) is 31.6. The normalized spacial score (nSPS) is 16.9. The topological polar surface area (TPSA) is 38.4 Å². The van der Waals surface area contributed by atoms with Gasteiger partial charge in [-0.2, -0.15) is 0 Å². The van der Waals surface area contributed by atoms with Gasteiger partial charge in [0.2, 0.25) is 0 Å². The number of thioether (sulfide) groups is 1. The van der Waals surface area contributed by atoms with Crippen molar-refractivity contribution in [2.45, 2.75) is 57.3 Å². The van der Waals surface area contributed by atoms with Crippen molar-refractivity contribution in [2.75, 3.05) is 6.67 Å². The van der Waals surface area contributed by atoms with Crippen LogP contribution in [-0.4, -0.2) is 12.4 Å². The highest BCUT2D eigenvalue weighted by Crippen LogP contribution is 2.44. The zero-order valence-corrected chi connectivity index (χ0v) is 27.5. The second-order valence-electron chi connectivity index (χ2n) is 11.7. The zero-order valence-electron chi connectivity index (χ0n) is 26.7. The molecule has 1 heterocycles. The molecule has 0 saturated carbocycles. The number of fused-ring (bicyclic) bond motifs is 1. The largest absolute Gasteiger partial charge is 0.312 e. The molecular weight excluding hydrogens is 565 g/mol. The second-order valence-corrected chi connectivity index (χ2v) is 12.6. The van der Waals surface area contributed by atoms with Crippen molar-refractivity contribution in [1.82, 2.24) is 0 Å². The summed E-state index contributed by atoms with van der Waals surface area (Å²) in [5.41, 5.74) is 21.0. The number of nitrogens with two attached hydrogens (primary N) is 1. The molecule has 45 heavy (non-hydrogen) atoms. The van der Waals surface area contributed by atoms with Crippen LogP contribution in [0.2, 0.25) is 0 Å². The van der Waals surface area contributed by atoms with E-state index in [0.29, 0.717) is 0 Å². The Labute approximate surface area is 274 Å². The van der Waals surface area contributed by atoms with Gasteiger partial charge in [-0.3, -0.25) is 4.99 Å². The fourth-order valence-electron chi connectivity index (χ4n) is 6.18. The first-order valence-corrected chi connectivity index (χ1v) is 16.8. The smallest absolute Gasteiger partial charge is 0.0863 e. The molecule has 3 heteroatoms. The number of hydrogen-bond acceptors (Lipinski definition) is 3. The van der Waals surface area contributed by atoms with Gasteiger partial charge in [-0.25, -0.2) is 0 Å². The average molecular weight is 609 g/mol. The van der Waals surface area contributed by atoms with Crippen LogP contribution in [0.15, 0.2) is 148 Å². The molecule has 5 rings (SSSR count). The highest BCUT2D eigenvalue weighted by Gasteiger charge is 2.22. The van der Waals surface area contributed by atoms with Crippen LogP contribution in [0.1, 0.15) is 66.8 Å². The van der Waals surface area contributed by atoms with E-state index in [9.17, 15) is 0 Å². The fourth-order valence-corrected chi connectivity index (χ4v) is 7.29. The molecule has 2 aliphatic rings. The monoisotopic (exact) mass is 608 g/mol. The van der Waals surface area contributed by atoms with Gasteiger partial charge in [0.1, 0.15) is 0 Å². The molecule has 2 nitrogen and oxygen atoms in total. The van der Waals surface area contributed by atoms with Crippen molar-refractivity contribution >= 4 is 34.2 Å². The summed E-state index contributed by atoms with van der Waals surface area (Å²) in [6, 6.07) is 25.6. The maximum atomic E-state index is 6.04. The number of benzene rings is 3. The standard InChI is InChI=1S/C42H44N2S/c1-5-35(28-37(36-17-10-7-11-18-36)22-20-33-15-8-6-9-16-33)40(44-29-43)27-34-21-24-38(32(4)26-34)41-31(3)19-23-39-30(2)14-12-13-25-45-42(39)41/h5-11,13,15-19,22-23,25-26,28H,1-2,12,14,20-21,24,27,29,43H2,3-4H3/b25-13-,35-28+,37-22+,44-40+. The third-order valence-electron chi connectivity index (χ3n) is 8.58. The average Bonchev–Trinajstić information content (AvgIpc) is 3.05. The Balaban J connectivity index is 1.47. The van der Waals surface area contributed by atoms with Gasteiger partial charge in [0.15, 0.2) is 0 Å². The molecule has 3 aromatic rings. The van der Waals surface area contributed by atoms with E-state index in [1.807, 2.05) is 17.8 Å². The van der Waals surface area contributed by atoms with Crippen molar-refractivity contribution < 1.29 is 0 Å². The minimum absolute atomic E-state index is 0.242. The molecule has 1 aliphatic carbocycles. The van der Waals surface area contributed by atoms with Crippen molar-refractivity contribution in [3.05, 3.63) is 166 Å². The van der Waals surface area contributed by atoms with Gasteiger partial charge in [0, 0.05) is 17.0 Å². The first-order valence-electron chi connectivity index (χ1n) is 15.9. The third kappa shape index (κ3) is 8.11. The summed E-state index contributed by atoms with van der Waals surface area (Å²) in [5.74, 6) is 0. The maximum absolute atomic E-state index is 6.04. The molecule has 0 saturated heterocycles. The SMILES string of the molecule is C=CC(=C\C(=C/Cc1ccccc1)c1ccccc1)/C(CC1=CC(C)=C(c2c(C)ccc3c2S/C=C\CCC3=C)CC1)=N/CN. The Bertz CT molecular complexity index is 1730. The van der Waals surface area contributed by atoms with Gasteiger partial charge in [0.05, 0.1) is 6.67 Å². The number of allylic oxidation sites excluding steroid dienone is 11. The van der Waals surface area contributed by atoms with Gasteiger partial charge in [-0.05, 0) is 113 Å². The highest BCUT2D eigenvalue weighted by atomic mass is 32.2. The van der Waals surface area contributed by atoms with Crippen LogP contribution in [0.4, 0.5) is 0 Å². The van der Waals surface area contributed by atoms with Crippen LogP contribution >= 0.6 is 11.8 Å². The van der Waals surface area contributed by atoms with E-state index >= 15 is 0 Å². The minimum atomic E-state index is 0.242. The third-order valence-corrected chi connectivity index (χ3v) is 9.57. The Kier molecular flexibility index (Phi) is 11.2. The number of hydrogen-bond donors (Lipinski definition) is 1. The van der Waals surface area contributed by atoms with Gasteiger partial charge in [-0.1, -0.05) is 128 Å². The lowest BCUT2D eigenvalue weighted by Crippen LogP contribution is -2.10. The van der Waals surface area contributed by atoms with Crippen molar-refractivity contribution in [1.29, 1.82) is 0 Å². The molecule has 3 aromatic carbocycles. The Morgan fingerprint density at radius 2 is 1.71 bits per heavy atom. The van der Waals surface area contributed by atoms with E-state index in [1.54, 1.807) is 0 Å². The molecule has 0 atom stereocenters. The number of nitrogens with zero attached hydrogens (tertiary/aromatic N) is 1. The molecule has 0 radical (unpaired) electrons. The van der Waals surface area contributed by atoms with Gasteiger partial charge < -0.3 is 5.73 Å². The Morgan fingerprint density at radius 3 is 2.42 bits per heavy atom. The van der Waals surface area contributed by atoms with Crippen LogP contribution < -0.4 is 5.73 Å². The Hall–Kier alpha value is -4.18. The van der Waals surface area contributed by atoms with E-state index in [4.69, 9.17) is 10.7 Å². The molecule has 2 N–H and O–H groups in total. The summed E-state index contributed by atoms with van der Waals surface area (Å²) < 4.78 is 0. The number of rotatable bonds is 10. The number of aliphatic imine (C=N–C) groups is 1. The molecule has 1 aliphatic heterocycles. The van der Waals surface area contributed by atoms with Crippen LogP contribution in [0.5, 0.6) is 0 Å². The van der Waals surface area contributed by atoms with E-state index in [2.05, 4.69) is 130 Å². The molecule has 0 fully saturated rings. The van der Waals surface area contributed by atoms with Crippen LogP contribution in [0, 0.1) is 6.92 Å². The maximum Gasteiger partial charge on any atom is 0.0863 e. The molecule has 0 aromatic heterocycles. The van der Waals surface area contributed by atoms with E-state index in [0.717, 1.165) is 55.4 Å². The predicted octanol–water partition coefficient (Wildman–Crippen LogP) is 11.1. The molecular formula is C42H44N2S. The quantitative estimate of drug-likeness (QED) is 0.184. The summed E-state index contributed by atoms with van der Waals surface area (Å²) in [5, 5.41) is 2.25. The lowest BCUT2D eigenvalue weighted by molar-refractivity contribution is 0.926. The summed E-state index contributed by atoms with van der Waals surface area (Å²) >= 11 is 1.84. The van der Waals surface area contributed by atoms with Gasteiger partial charge in [0.25, 0.3) is 0 Å². The first kappa shape index (κ1) is 32.2. The van der Waals surface area contributed by atoms with Crippen LogP contribution in [0.3, 0.4) is 0 Å². The van der Waals surface area contributed by atoms with Crippen molar-refractivity contribution in [3.63, 3.8) is 0 Å². The number of aryl methyl sites for hydroxylation is 1. The van der Waals surface area contributed by atoms with Crippen molar-refractivity contribution in [2.24, 2.45) is 10.7 Å². The van der Waals surface area contributed by atoms with E-state index < -0.39 is 0 Å². The van der Waals surface area contributed by atoms with E-state index in [-0.39, 0.29) is 6.67 Å². The van der Waals surface area contributed by atoms with Crippen LogP contribution in [0.25, 0.3) is 16.7 Å². The predicted molar refractivity (Wildman–Crippen MR) is 198 cm³/mol. The van der Waals surface area contributed by atoms with Gasteiger partial charge in [-0.15, -0.1) is 0 Å². The van der Waals surface area contributed by atoms with Crippen LogP contribution in [-0.2, 0) is 6.42 Å². The first-order chi connectivity index (χ1) is 22.0. The molecule has 0 spiro atoms. The summed E-state index contributed by atoms with van der Waals surface area (Å²) in [6.45, 7) is 13.4. The summed E-state index contributed by atoms with van der Waals surface area (Å²) in [4.78, 5) is 6.15. The minimum Gasteiger partial charge on any atom is -0.312 e. The second kappa shape index (κ2) is 15.7. The lowest BCUT2D eigenvalue weighted by Gasteiger charge is -2.25. The van der Waals surface area contributed by atoms with Gasteiger partial charge >= 0.3 is 0 Å².